The van der Waals surface area contributed by atoms with Gasteiger partial charge in [0.1, 0.15) is 17.8 Å². The summed E-state index contributed by atoms with van der Waals surface area (Å²) in [5.41, 5.74) is 0.396. The van der Waals surface area contributed by atoms with Gasteiger partial charge in [-0.1, -0.05) is 0 Å². The van der Waals surface area contributed by atoms with E-state index in [0.717, 1.165) is 6.92 Å². The van der Waals surface area contributed by atoms with E-state index in [2.05, 4.69) is 10.3 Å². The number of carbonyl (C=O) groups excluding carboxylic acids is 1. The molecule has 112 valence electrons. The fourth-order valence-electron chi connectivity index (χ4n) is 1.61. The van der Waals surface area contributed by atoms with Gasteiger partial charge in [0.15, 0.2) is 9.84 Å². The highest BCUT2D eigenvalue weighted by Crippen LogP contribution is 2.09. The Hall–Kier alpha value is -2.47. The molecule has 0 bridgehead atoms. The summed E-state index contributed by atoms with van der Waals surface area (Å²) in [6, 6.07) is 3.01. The van der Waals surface area contributed by atoms with Crippen LogP contribution >= 0.6 is 0 Å². The summed E-state index contributed by atoms with van der Waals surface area (Å²) < 4.78 is 24.0. The quantitative estimate of drug-likeness (QED) is 0.719. The summed E-state index contributed by atoms with van der Waals surface area (Å²) >= 11 is 0. The minimum atomic E-state index is -3.78. The van der Waals surface area contributed by atoms with Gasteiger partial charge in [-0.15, -0.1) is 0 Å². The highest BCUT2D eigenvalue weighted by Gasteiger charge is 2.26. The van der Waals surface area contributed by atoms with Crippen LogP contribution in [0.5, 0.6) is 0 Å². The van der Waals surface area contributed by atoms with E-state index in [0.29, 0.717) is 5.56 Å². The topological polar surface area (TPSA) is 137 Å². The van der Waals surface area contributed by atoms with Crippen molar-refractivity contribution in [3.8, 4) is 6.07 Å². The van der Waals surface area contributed by atoms with Gasteiger partial charge in [-0.3, -0.25) is 4.79 Å². The average Bonchev–Trinajstić information content (AvgIpc) is 2.36. The number of aliphatic carboxylic acids is 1. The predicted octanol–water partition coefficient (Wildman–Crippen LogP) is -0.543. The van der Waals surface area contributed by atoms with Gasteiger partial charge in [0, 0.05) is 13.1 Å². The number of pyridine rings is 1. The van der Waals surface area contributed by atoms with E-state index in [9.17, 15) is 18.0 Å². The Morgan fingerprint density at radius 3 is 2.71 bits per heavy atom. The van der Waals surface area contributed by atoms with E-state index in [-0.39, 0.29) is 5.69 Å². The Balaban J connectivity index is 2.87. The zero-order chi connectivity index (χ0) is 16.0. The van der Waals surface area contributed by atoms with Crippen molar-refractivity contribution in [3.05, 3.63) is 29.6 Å². The zero-order valence-electron chi connectivity index (χ0n) is 11.1. The van der Waals surface area contributed by atoms with E-state index in [4.69, 9.17) is 10.4 Å². The monoisotopic (exact) mass is 311 g/mol. The molecule has 0 saturated heterocycles. The van der Waals surface area contributed by atoms with Crippen molar-refractivity contribution in [3.63, 3.8) is 0 Å². The van der Waals surface area contributed by atoms with Crippen molar-refractivity contribution in [2.24, 2.45) is 0 Å². The fourth-order valence-corrected chi connectivity index (χ4v) is 3.15. The van der Waals surface area contributed by atoms with Crippen molar-refractivity contribution in [2.75, 3.05) is 5.75 Å². The zero-order valence-corrected chi connectivity index (χ0v) is 11.9. The molecule has 0 aliphatic rings. The third-order valence-electron chi connectivity index (χ3n) is 2.42. The fraction of sp³-hybridized carbons (Fsp3) is 0.333. The van der Waals surface area contributed by atoms with Crippen LogP contribution in [0.15, 0.2) is 18.3 Å². The highest BCUT2D eigenvalue weighted by molar-refractivity contribution is 7.90. The summed E-state index contributed by atoms with van der Waals surface area (Å²) in [6.45, 7) is 1.10. The standard InChI is InChI=1S/C12H13N3O5S/c1-8(16)15-11(12(17)18)7-21(19,20)6-9-2-3-14-10(4-9)5-13/h2-4,11H,6-7H2,1H3,(H,15,16)(H,17,18). The second kappa shape index (κ2) is 6.81. The van der Waals surface area contributed by atoms with Gasteiger partial charge in [-0.2, -0.15) is 5.26 Å². The number of sulfone groups is 1. The number of carboxylic acid groups (broad SMARTS) is 1. The molecular formula is C12H13N3O5S. The van der Waals surface area contributed by atoms with Crippen molar-refractivity contribution < 1.29 is 23.1 Å². The maximum absolute atomic E-state index is 12.0. The number of nitrogens with one attached hydrogen (secondary N) is 1. The second-order valence-electron chi connectivity index (χ2n) is 4.31. The first-order chi connectivity index (χ1) is 9.73. The summed E-state index contributed by atoms with van der Waals surface area (Å²) in [5, 5.41) is 19.7. The third kappa shape index (κ3) is 5.58. The van der Waals surface area contributed by atoms with Crippen LogP contribution < -0.4 is 5.32 Å². The van der Waals surface area contributed by atoms with Gasteiger partial charge in [-0.25, -0.2) is 18.2 Å². The Morgan fingerprint density at radius 2 is 2.19 bits per heavy atom. The SMILES string of the molecule is CC(=O)NC(CS(=O)(=O)Cc1ccnc(C#N)c1)C(=O)O. The summed E-state index contributed by atoms with van der Waals surface area (Å²) in [6.07, 6.45) is 1.30. The van der Waals surface area contributed by atoms with E-state index < -0.39 is 39.3 Å². The maximum Gasteiger partial charge on any atom is 0.327 e. The molecule has 1 aromatic heterocycles. The molecule has 1 atom stereocenters. The van der Waals surface area contributed by atoms with E-state index in [1.54, 1.807) is 6.07 Å². The molecule has 1 aromatic rings. The normalized spacial score (nSPS) is 12.2. The van der Waals surface area contributed by atoms with Crippen molar-refractivity contribution >= 4 is 21.7 Å². The lowest BCUT2D eigenvalue weighted by Gasteiger charge is -2.13. The molecule has 2 N–H and O–H groups in total. The van der Waals surface area contributed by atoms with Crippen LogP contribution in [0.1, 0.15) is 18.2 Å². The van der Waals surface area contributed by atoms with Gasteiger partial charge in [0.25, 0.3) is 0 Å². The number of aromatic nitrogens is 1. The third-order valence-corrected chi connectivity index (χ3v) is 4.04. The molecule has 0 radical (unpaired) electrons. The largest absolute Gasteiger partial charge is 0.480 e. The predicted molar refractivity (Wildman–Crippen MR) is 71.7 cm³/mol. The first-order valence-electron chi connectivity index (χ1n) is 5.79. The molecule has 1 amide bonds. The highest BCUT2D eigenvalue weighted by atomic mass is 32.2. The Kier molecular flexibility index (Phi) is 5.37. The number of amides is 1. The summed E-state index contributed by atoms with van der Waals surface area (Å²) in [4.78, 5) is 25.5. The number of hydrogen-bond acceptors (Lipinski definition) is 6. The minimum Gasteiger partial charge on any atom is -0.480 e. The minimum absolute atomic E-state index is 0.0688. The summed E-state index contributed by atoms with van der Waals surface area (Å²) in [5.74, 6) is -3.23. The number of nitriles is 1. The van der Waals surface area contributed by atoms with Crippen LogP contribution in [0.4, 0.5) is 0 Å². The van der Waals surface area contributed by atoms with E-state index in [1.807, 2.05) is 0 Å². The van der Waals surface area contributed by atoms with Gasteiger partial charge in [0.2, 0.25) is 5.91 Å². The van der Waals surface area contributed by atoms with Crippen molar-refractivity contribution in [1.29, 1.82) is 5.26 Å². The number of carboxylic acids is 1. The maximum atomic E-state index is 12.0. The van der Waals surface area contributed by atoms with Gasteiger partial charge < -0.3 is 10.4 Å². The molecule has 9 heteroatoms. The lowest BCUT2D eigenvalue weighted by Crippen LogP contribution is -2.44. The van der Waals surface area contributed by atoms with Crippen LogP contribution in [0.3, 0.4) is 0 Å². The molecule has 21 heavy (non-hydrogen) atoms. The lowest BCUT2D eigenvalue weighted by atomic mass is 10.2. The van der Waals surface area contributed by atoms with Gasteiger partial charge >= 0.3 is 5.97 Å². The molecule has 0 saturated carbocycles. The molecule has 0 spiro atoms. The number of carbonyl (C=O) groups is 2. The van der Waals surface area contributed by atoms with E-state index >= 15 is 0 Å². The first kappa shape index (κ1) is 16.6. The van der Waals surface area contributed by atoms with Crippen LogP contribution in [-0.2, 0) is 25.2 Å². The molecule has 1 unspecified atom stereocenters. The Morgan fingerprint density at radius 1 is 1.52 bits per heavy atom. The van der Waals surface area contributed by atoms with Crippen LogP contribution in [0, 0.1) is 11.3 Å². The van der Waals surface area contributed by atoms with Crippen LogP contribution in [0.2, 0.25) is 0 Å². The molecule has 0 aliphatic heterocycles. The summed E-state index contributed by atoms with van der Waals surface area (Å²) in [7, 11) is -3.78. The number of hydrogen-bond donors (Lipinski definition) is 2. The smallest absolute Gasteiger partial charge is 0.327 e. The van der Waals surface area contributed by atoms with Crippen LogP contribution in [-0.4, -0.2) is 42.2 Å². The Bertz CT molecular complexity index is 693. The van der Waals surface area contributed by atoms with Crippen LogP contribution in [0.25, 0.3) is 0 Å². The molecule has 0 aliphatic carbocycles. The molecule has 8 nitrogen and oxygen atoms in total. The van der Waals surface area contributed by atoms with Crippen molar-refractivity contribution in [2.45, 2.75) is 18.7 Å². The lowest BCUT2D eigenvalue weighted by molar-refractivity contribution is -0.140. The second-order valence-corrected chi connectivity index (χ2v) is 6.42. The molecule has 1 heterocycles. The average molecular weight is 311 g/mol. The molecule has 0 fully saturated rings. The van der Waals surface area contributed by atoms with E-state index in [1.165, 1.54) is 18.3 Å². The first-order valence-corrected chi connectivity index (χ1v) is 7.61. The molecule has 1 rings (SSSR count). The number of rotatable bonds is 6. The molecule has 0 aromatic carbocycles. The van der Waals surface area contributed by atoms with Gasteiger partial charge in [0.05, 0.1) is 11.5 Å². The molecular weight excluding hydrogens is 298 g/mol. The number of nitrogens with zero attached hydrogens (tertiary/aromatic N) is 2. The van der Waals surface area contributed by atoms with Crippen molar-refractivity contribution in [1.82, 2.24) is 10.3 Å². The Labute approximate surface area is 121 Å². The van der Waals surface area contributed by atoms with Gasteiger partial charge in [-0.05, 0) is 17.7 Å².